The van der Waals surface area contributed by atoms with Crippen LogP contribution in [0.25, 0.3) is 0 Å². The summed E-state index contributed by atoms with van der Waals surface area (Å²) < 4.78 is 0. The van der Waals surface area contributed by atoms with Gasteiger partial charge in [-0.25, -0.2) is 4.79 Å². The number of hydrogen-bond donors (Lipinski definition) is 4. The summed E-state index contributed by atoms with van der Waals surface area (Å²) in [4.78, 5) is 24.5. The Morgan fingerprint density at radius 2 is 1.72 bits per heavy atom. The number of benzene rings is 2. The first-order valence-electron chi connectivity index (χ1n) is 8.07. The molecule has 6 heteroatoms. The minimum Gasteiger partial charge on any atom is -0.346 e. The van der Waals surface area contributed by atoms with E-state index in [9.17, 15) is 9.59 Å². The highest BCUT2D eigenvalue weighted by Crippen LogP contribution is 2.18. The highest BCUT2D eigenvalue weighted by atomic mass is 16.2. The Hall–Kier alpha value is -2.86. The van der Waals surface area contributed by atoms with Gasteiger partial charge in [0.2, 0.25) is 0 Å². The van der Waals surface area contributed by atoms with Crippen molar-refractivity contribution in [2.24, 2.45) is 5.73 Å². The molecule has 6 nitrogen and oxygen atoms in total. The number of anilines is 2. The number of para-hydroxylation sites is 1. The molecule has 5 N–H and O–H groups in total. The Morgan fingerprint density at radius 3 is 2.36 bits per heavy atom. The maximum Gasteiger partial charge on any atom is 0.323 e. The molecule has 0 saturated carbocycles. The molecule has 3 amide bonds. The van der Waals surface area contributed by atoms with Crippen molar-refractivity contribution in [1.29, 1.82) is 0 Å². The van der Waals surface area contributed by atoms with Gasteiger partial charge in [-0.05, 0) is 50.6 Å². The number of carbonyl (C=O) groups is 2. The second-order valence-corrected chi connectivity index (χ2v) is 6.52. The molecule has 0 atom stereocenters. The third kappa shape index (κ3) is 5.32. The molecule has 0 unspecified atom stereocenters. The Morgan fingerprint density at radius 1 is 1.04 bits per heavy atom. The second kappa shape index (κ2) is 7.81. The number of urea groups is 1. The van der Waals surface area contributed by atoms with Gasteiger partial charge in [-0.15, -0.1) is 0 Å². The first kappa shape index (κ1) is 18.5. The van der Waals surface area contributed by atoms with Gasteiger partial charge in [0.1, 0.15) is 0 Å². The van der Waals surface area contributed by atoms with Crippen LogP contribution >= 0.6 is 0 Å². The van der Waals surface area contributed by atoms with Gasteiger partial charge in [0.15, 0.2) is 0 Å². The number of carbonyl (C=O) groups excluding carboxylic acids is 2. The first-order chi connectivity index (χ1) is 11.8. The van der Waals surface area contributed by atoms with E-state index in [4.69, 9.17) is 5.73 Å². The maximum atomic E-state index is 12.4. The third-order valence-electron chi connectivity index (χ3n) is 3.74. The molecule has 2 aromatic carbocycles. The van der Waals surface area contributed by atoms with Crippen LogP contribution in [-0.4, -0.2) is 24.0 Å². The van der Waals surface area contributed by atoms with E-state index in [2.05, 4.69) is 16.0 Å². The lowest BCUT2D eigenvalue weighted by molar-refractivity contribution is 0.0915. The topological polar surface area (TPSA) is 96.2 Å². The van der Waals surface area contributed by atoms with E-state index in [0.29, 0.717) is 23.5 Å². The van der Waals surface area contributed by atoms with Crippen molar-refractivity contribution < 1.29 is 9.59 Å². The molecule has 25 heavy (non-hydrogen) atoms. The summed E-state index contributed by atoms with van der Waals surface area (Å²) >= 11 is 0. The predicted molar refractivity (Wildman–Crippen MR) is 101 cm³/mol. The minimum atomic E-state index is -0.500. The summed E-state index contributed by atoms with van der Waals surface area (Å²) in [5.74, 6) is -0.234. The summed E-state index contributed by atoms with van der Waals surface area (Å²) in [6, 6.07) is 13.9. The second-order valence-electron chi connectivity index (χ2n) is 6.52. The van der Waals surface area contributed by atoms with Crippen LogP contribution in [0.3, 0.4) is 0 Å². The van der Waals surface area contributed by atoms with Crippen molar-refractivity contribution in [2.75, 3.05) is 17.2 Å². The van der Waals surface area contributed by atoms with Crippen LogP contribution in [0.4, 0.5) is 16.2 Å². The quantitative estimate of drug-likeness (QED) is 0.673. The first-order valence-corrected chi connectivity index (χ1v) is 8.07. The standard InChI is InChI=1S/C19H24N4O2/c1-13-9-10-14(17(24)23-19(2,3)12-20)11-16(13)22-18(25)21-15-7-5-4-6-8-15/h4-11H,12,20H2,1-3H3,(H,23,24)(H2,21,22,25). The monoisotopic (exact) mass is 340 g/mol. The smallest absolute Gasteiger partial charge is 0.323 e. The lowest BCUT2D eigenvalue weighted by Crippen LogP contribution is -2.48. The number of rotatable bonds is 5. The molecule has 0 aliphatic carbocycles. The normalized spacial score (nSPS) is 10.9. The average molecular weight is 340 g/mol. The zero-order valence-electron chi connectivity index (χ0n) is 14.7. The van der Waals surface area contributed by atoms with E-state index in [1.807, 2.05) is 39.0 Å². The van der Waals surface area contributed by atoms with E-state index in [0.717, 1.165) is 5.56 Å². The molecular weight excluding hydrogens is 316 g/mol. The number of hydrogen-bond acceptors (Lipinski definition) is 3. The molecule has 0 heterocycles. The number of amides is 3. The van der Waals surface area contributed by atoms with Crippen LogP contribution in [0.1, 0.15) is 29.8 Å². The largest absolute Gasteiger partial charge is 0.346 e. The fraction of sp³-hybridized carbons (Fsp3) is 0.263. The zero-order chi connectivity index (χ0) is 18.4. The van der Waals surface area contributed by atoms with Gasteiger partial charge in [0, 0.05) is 29.0 Å². The van der Waals surface area contributed by atoms with Crippen molar-refractivity contribution in [3.05, 3.63) is 59.7 Å². The van der Waals surface area contributed by atoms with Crippen molar-refractivity contribution in [3.8, 4) is 0 Å². The Balaban J connectivity index is 2.10. The van der Waals surface area contributed by atoms with Crippen LogP contribution in [0.5, 0.6) is 0 Å². The molecule has 132 valence electrons. The molecule has 0 saturated heterocycles. The van der Waals surface area contributed by atoms with Crippen LogP contribution in [0, 0.1) is 6.92 Å². The lowest BCUT2D eigenvalue weighted by Gasteiger charge is -2.24. The van der Waals surface area contributed by atoms with Gasteiger partial charge in [-0.2, -0.15) is 0 Å². The van der Waals surface area contributed by atoms with Gasteiger partial charge in [0.05, 0.1) is 0 Å². The van der Waals surface area contributed by atoms with Gasteiger partial charge >= 0.3 is 6.03 Å². The molecule has 0 fully saturated rings. The van der Waals surface area contributed by atoms with Gasteiger partial charge in [-0.3, -0.25) is 4.79 Å². The Labute approximate surface area is 147 Å². The number of aryl methyl sites for hydroxylation is 1. The van der Waals surface area contributed by atoms with Crippen LogP contribution in [0.2, 0.25) is 0 Å². The summed E-state index contributed by atoms with van der Waals surface area (Å²) in [6.45, 7) is 5.90. The third-order valence-corrected chi connectivity index (χ3v) is 3.74. The molecule has 0 radical (unpaired) electrons. The highest BCUT2D eigenvalue weighted by molar-refractivity contribution is 6.02. The van der Waals surface area contributed by atoms with Crippen LogP contribution < -0.4 is 21.7 Å². The highest BCUT2D eigenvalue weighted by Gasteiger charge is 2.19. The number of nitrogens with two attached hydrogens (primary N) is 1. The van der Waals surface area contributed by atoms with Crippen molar-refractivity contribution in [3.63, 3.8) is 0 Å². The predicted octanol–water partition coefficient (Wildman–Crippen LogP) is 3.11. The number of nitrogens with one attached hydrogen (secondary N) is 3. The molecule has 0 bridgehead atoms. The average Bonchev–Trinajstić information content (AvgIpc) is 2.57. The fourth-order valence-corrected chi connectivity index (χ4v) is 2.13. The molecule has 2 aromatic rings. The Kier molecular flexibility index (Phi) is 5.77. The van der Waals surface area contributed by atoms with E-state index in [1.54, 1.807) is 30.3 Å². The zero-order valence-corrected chi connectivity index (χ0v) is 14.7. The van der Waals surface area contributed by atoms with Crippen molar-refractivity contribution in [2.45, 2.75) is 26.3 Å². The van der Waals surface area contributed by atoms with Crippen molar-refractivity contribution in [1.82, 2.24) is 5.32 Å². The van der Waals surface area contributed by atoms with E-state index >= 15 is 0 Å². The molecule has 0 spiro atoms. The van der Waals surface area contributed by atoms with Crippen molar-refractivity contribution >= 4 is 23.3 Å². The molecular formula is C19H24N4O2. The summed E-state index contributed by atoms with van der Waals surface area (Å²) in [7, 11) is 0. The van der Waals surface area contributed by atoms with Gasteiger partial charge < -0.3 is 21.7 Å². The fourth-order valence-electron chi connectivity index (χ4n) is 2.13. The van der Waals surface area contributed by atoms with Gasteiger partial charge in [-0.1, -0.05) is 24.3 Å². The van der Waals surface area contributed by atoms with E-state index < -0.39 is 5.54 Å². The lowest BCUT2D eigenvalue weighted by atomic mass is 10.0. The Bertz CT molecular complexity index is 757. The van der Waals surface area contributed by atoms with E-state index in [-0.39, 0.29) is 11.9 Å². The summed E-state index contributed by atoms with van der Waals surface area (Å²) in [6.07, 6.45) is 0. The van der Waals surface area contributed by atoms with Crippen LogP contribution in [-0.2, 0) is 0 Å². The summed E-state index contributed by atoms with van der Waals surface area (Å²) in [5.41, 5.74) is 7.73. The molecule has 0 aliphatic rings. The van der Waals surface area contributed by atoms with Gasteiger partial charge in [0.25, 0.3) is 5.91 Å². The van der Waals surface area contributed by atoms with E-state index in [1.165, 1.54) is 0 Å². The molecule has 0 aliphatic heterocycles. The molecule has 0 aromatic heterocycles. The summed E-state index contributed by atoms with van der Waals surface area (Å²) in [5, 5.41) is 8.39. The minimum absolute atomic E-state index is 0.234. The molecule has 2 rings (SSSR count). The maximum absolute atomic E-state index is 12.4. The van der Waals surface area contributed by atoms with Crippen LogP contribution in [0.15, 0.2) is 48.5 Å². The SMILES string of the molecule is Cc1ccc(C(=O)NC(C)(C)CN)cc1NC(=O)Nc1ccccc1.